The molecule has 0 aliphatic carbocycles. The van der Waals surface area contributed by atoms with Gasteiger partial charge in [0.25, 0.3) is 11.8 Å². The summed E-state index contributed by atoms with van der Waals surface area (Å²) in [5.74, 6) is -0.632. The van der Waals surface area contributed by atoms with Crippen LogP contribution in [0.1, 0.15) is 26.2 Å². The molecular weight excluding hydrogens is 170 g/mol. The van der Waals surface area contributed by atoms with E-state index in [9.17, 15) is 9.59 Å². The first-order chi connectivity index (χ1) is 6.09. The number of hydrogen-bond acceptors (Lipinski definition) is 3. The van der Waals surface area contributed by atoms with Crippen LogP contribution in [0.2, 0.25) is 0 Å². The van der Waals surface area contributed by atoms with Crippen LogP contribution in [-0.4, -0.2) is 23.0 Å². The molecule has 0 aromatic carbocycles. The summed E-state index contributed by atoms with van der Waals surface area (Å²) in [5.41, 5.74) is 0.519. The molecule has 72 valence electrons. The van der Waals surface area contributed by atoms with E-state index in [-0.39, 0.29) is 17.9 Å². The molecule has 1 unspecified atom stereocenters. The van der Waals surface area contributed by atoms with Crippen LogP contribution < -0.4 is 5.32 Å². The summed E-state index contributed by atoms with van der Waals surface area (Å²) in [6.07, 6.45) is 2.91. The van der Waals surface area contributed by atoms with Crippen molar-refractivity contribution in [2.24, 2.45) is 0 Å². The molecule has 0 radical (unpaired) electrons. The third-order valence-corrected chi connectivity index (χ3v) is 1.90. The van der Waals surface area contributed by atoms with Crippen LogP contribution in [0.15, 0.2) is 11.6 Å². The monoisotopic (exact) mass is 183 g/mol. The van der Waals surface area contributed by atoms with Crippen molar-refractivity contribution < 1.29 is 14.7 Å². The first kappa shape index (κ1) is 9.92. The highest BCUT2D eigenvalue weighted by Crippen LogP contribution is 2.12. The van der Waals surface area contributed by atoms with Crippen molar-refractivity contribution in [2.45, 2.75) is 32.3 Å². The van der Waals surface area contributed by atoms with E-state index in [0.29, 0.717) is 18.4 Å². The summed E-state index contributed by atoms with van der Waals surface area (Å²) in [6, 6.07) is 0. The molecule has 13 heavy (non-hydrogen) atoms. The molecule has 0 fully saturated rings. The maximum atomic E-state index is 11.0. The molecule has 0 saturated heterocycles. The second-order valence-corrected chi connectivity index (χ2v) is 3.23. The number of aliphatic hydroxyl groups is 1. The summed E-state index contributed by atoms with van der Waals surface area (Å²) in [5, 5.41) is 11.1. The maximum Gasteiger partial charge on any atom is 0.254 e. The predicted octanol–water partition coefficient (Wildman–Crippen LogP) is 0.120. The third-order valence-electron chi connectivity index (χ3n) is 1.90. The third kappa shape index (κ3) is 2.99. The highest BCUT2D eigenvalue weighted by atomic mass is 16.3. The van der Waals surface area contributed by atoms with Gasteiger partial charge < -0.3 is 5.11 Å². The van der Waals surface area contributed by atoms with Crippen LogP contribution in [0.25, 0.3) is 0 Å². The molecule has 4 heteroatoms. The number of carbonyl (C=O) groups excluding carboxylic acids is 2. The number of carbonyl (C=O) groups is 2. The van der Waals surface area contributed by atoms with E-state index < -0.39 is 0 Å². The molecule has 1 aliphatic heterocycles. The van der Waals surface area contributed by atoms with E-state index in [4.69, 9.17) is 5.11 Å². The lowest BCUT2D eigenvalue weighted by Crippen LogP contribution is -2.22. The minimum atomic E-state index is -0.347. The minimum Gasteiger partial charge on any atom is -0.393 e. The molecule has 1 atom stereocenters. The summed E-state index contributed by atoms with van der Waals surface area (Å²) < 4.78 is 0. The number of rotatable bonds is 4. The van der Waals surface area contributed by atoms with Gasteiger partial charge >= 0.3 is 0 Å². The highest BCUT2D eigenvalue weighted by Gasteiger charge is 2.19. The molecule has 1 heterocycles. The largest absolute Gasteiger partial charge is 0.393 e. The molecule has 4 nitrogen and oxygen atoms in total. The van der Waals surface area contributed by atoms with Crippen molar-refractivity contribution in [2.75, 3.05) is 0 Å². The zero-order chi connectivity index (χ0) is 9.84. The SMILES string of the molecule is CC(O)CCCC1=CC(=O)NC1=O. The standard InChI is InChI=1S/C9H13NO3/c1-6(11)3-2-4-7-5-8(12)10-9(7)13/h5-6,11H,2-4H2,1H3,(H,10,12,13). The Morgan fingerprint density at radius 2 is 2.23 bits per heavy atom. The molecule has 1 rings (SSSR count). The zero-order valence-corrected chi connectivity index (χ0v) is 7.54. The van der Waals surface area contributed by atoms with Gasteiger partial charge in [0.15, 0.2) is 0 Å². The van der Waals surface area contributed by atoms with E-state index in [2.05, 4.69) is 5.32 Å². The van der Waals surface area contributed by atoms with E-state index in [1.54, 1.807) is 6.92 Å². The van der Waals surface area contributed by atoms with Gasteiger partial charge in [-0.2, -0.15) is 0 Å². The molecule has 0 bridgehead atoms. The Morgan fingerprint density at radius 1 is 1.54 bits per heavy atom. The van der Waals surface area contributed by atoms with Gasteiger partial charge in [-0.1, -0.05) is 0 Å². The Balaban J connectivity index is 2.33. The van der Waals surface area contributed by atoms with Crippen molar-refractivity contribution in [1.29, 1.82) is 0 Å². The van der Waals surface area contributed by atoms with Crippen LogP contribution >= 0.6 is 0 Å². The number of amides is 2. The van der Waals surface area contributed by atoms with E-state index >= 15 is 0 Å². The van der Waals surface area contributed by atoms with Gasteiger partial charge in [-0.15, -0.1) is 0 Å². The van der Waals surface area contributed by atoms with Crippen molar-refractivity contribution >= 4 is 11.8 Å². The van der Waals surface area contributed by atoms with Crippen LogP contribution in [0.4, 0.5) is 0 Å². The van der Waals surface area contributed by atoms with Gasteiger partial charge in [0, 0.05) is 11.6 Å². The van der Waals surface area contributed by atoms with Gasteiger partial charge in [-0.05, 0) is 26.2 Å². The van der Waals surface area contributed by atoms with Crippen LogP contribution in [0.5, 0.6) is 0 Å². The van der Waals surface area contributed by atoms with Gasteiger partial charge in [0.1, 0.15) is 0 Å². The first-order valence-corrected chi connectivity index (χ1v) is 4.33. The number of aliphatic hydroxyl groups excluding tert-OH is 1. The van der Waals surface area contributed by atoms with Crippen molar-refractivity contribution in [3.8, 4) is 0 Å². The molecular formula is C9H13NO3. The first-order valence-electron chi connectivity index (χ1n) is 4.33. The van der Waals surface area contributed by atoms with E-state index in [1.807, 2.05) is 0 Å². The molecule has 2 N–H and O–H groups in total. The van der Waals surface area contributed by atoms with Gasteiger partial charge in [-0.3, -0.25) is 14.9 Å². The Bertz CT molecular complexity index is 256. The smallest absolute Gasteiger partial charge is 0.254 e. The van der Waals surface area contributed by atoms with Crippen molar-refractivity contribution in [3.05, 3.63) is 11.6 Å². The molecule has 0 aromatic heterocycles. The fourth-order valence-electron chi connectivity index (χ4n) is 1.23. The van der Waals surface area contributed by atoms with Gasteiger partial charge in [0.05, 0.1) is 6.10 Å². The molecule has 2 amide bonds. The summed E-state index contributed by atoms with van der Waals surface area (Å²) in [4.78, 5) is 21.7. The normalized spacial score (nSPS) is 18.5. The fourth-order valence-corrected chi connectivity index (χ4v) is 1.23. The van der Waals surface area contributed by atoms with E-state index in [0.717, 1.165) is 6.42 Å². The Kier molecular flexibility index (Phi) is 3.19. The van der Waals surface area contributed by atoms with Crippen molar-refractivity contribution in [3.63, 3.8) is 0 Å². The predicted molar refractivity (Wildman–Crippen MR) is 46.8 cm³/mol. The Labute approximate surface area is 76.6 Å². The number of hydrogen-bond donors (Lipinski definition) is 2. The van der Waals surface area contributed by atoms with E-state index in [1.165, 1.54) is 6.08 Å². The van der Waals surface area contributed by atoms with Crippen molar-refractivity contribution in [1.82, 2.24) is 5.32 Å². The van der Waals surface area contributed by atoms with Gasteiger partial charge in [0.2, 0.25) is 0 Å². The molecule has 1 aliphatic rings. The lowest BCUT2D eigenvalue weighted by molar-refractivity contribution is -0.123. The summed E-state index contributed by atoms with van der Waals surface area (Å²) in [6.45, 7) is 1.70. The zero-order valence-electron chi connectivity index (χ0n) is 7.54. The second-order valence-electron chi connectivity index (χ2n) is 3.23. The van der Waals surface area contributed by atoms with Crippen LogP contribution in [0.3, 0.4) is 0 Å². The lowest BCUT2D eigenvalue weighted by atomic mass is 10.1. The Hall–Kier alpha value is -1.16. The Morgan fingerprint density at radius 3 is 2.69 bits per heavy atom. The summed E-state index contributed by atoms with van der Waals surface area (Å²) in [7, 11) is 0. The topological polar surface area (TPSA) is 66.4 Å². The molecule has 0 saturated carbocycles. The summed E-state index contributed by atoms with van der Waals surface area (Å²) >= 11 is 0. The average molecular weight is 183 g/mol. The molecule has 0 spiro atoms. The fraction of sp³-hybridized carbons (Fsp3) is 0.556. The highest BCUT2D eigenvalue weighted by molar-refractivity contribution is 6.16. The minimum absolute atomic E-state index is 0.296. The van der Waals surface area contributed by atoms with Crippen LogP contribution in [-0.2, 0) is 9.59 Å². The second kappa shape index (κ2) is 4.18. The number of imide groups is 1. The van der Waals surface area contributed by atoms with Crippen LogP contribution in [0, 0.1) is 0 Å². The molecule has 0 aromatic rings. The quantitative estimate of drug-likeness (QED) is 0.608. The van der Waals surface area contributed by atoms with Gasteiger partial charge in [-0.25, -0.2) is 0 Å². The average Bonchev–Trinajstić information content (AvgIpc) is 2.29. The maximum absolute atomic E-state index is 11.0. The number of nitrogens with one attached hydrogen (secondary N) is 1. The lowest BCUT2D eigenvalue weighted by Gasteiger charge is -2.02.